The van der Waals surface area contributed by atoms with Gasteiger partial charge in [-0.3, -0.25) is 0 Å². The van der Waals surface area contributed by atoms with Crippen molar-refractivity contribution in [1.82, 2.24) is 5.32 Å². The Bertz CT molecular complexity index is 530. The quantitative estimate of drug-likeness (QED) is 0.917. The summed E-state index contributed by atoms with van der Waals surface area (Å²) in [5.74, 6) is 2.00. The Kier molecular flexibility index (Phi) is 4.03. The standard InChI is InChI=1S/C16H21NO4/c1-18-14-6-11(7-15(19-2)16(14)20-3)10-4-12-8-21-9-13(5-10)17-12/h4,6-7,12-13,17H,5,8-9H2,1-3H3. The number of morpholine rings is 1. The van der Waals surface area contributed by atoms with Crippen molar-refractivity contribution in [1.29, 1.82) is 0 Å². The number of rotatable bonds is 4. The van der Waals surface area contributed by atoms with E-state index in [1.807, 2.05) is 12.1 Å². The molecule has 2 bridgehead atoms. The van der Waals surface area contributed by atoms with Crippen LogP contribution in [0.2, 0.25) is 0 Å². The molecule has 2 aliphatic heterocycles. The SMILES string of the molecule is COc1cc(C2=CC3COCC(C2)N3)cc(OC)c1OC. The normalized spacial score (nSPS) is 24.2. The fraction of sp³-hybridized carbons (Fsp3) is 0.500. The van der Waals surface area contributed by atoms with E-state index in [0.717, 1.165) is 25.2 Å². The summed E-state index contributed by atoms with van der Waals surface area (Å²) in [6, 6.07) is 4.68. The molecule has 0 aromatic heterocycles. The van der Waals surface area contributed by atoms with E-state index in [1.165, 1.54) is 5.57 Å². The summed E-state index contributed by atoms with van der Waals surface area (Å²) in [6.45, 7) is 1.49. The molecule has 1 aromatic rings. The van der Waals surface area contributed by atoms with E-state index in [-0.39, 0.29) is 6.04 Å². The first kappa shape index (κ1) is 14.2. The van der Waals surface area contributed by atoms with E-state index in [9.17, 15) is 0 Å². The van der Waals surface area contributed by atoms with Gasteiger partial charge >= 0.3 is 0 Å². The zero-order valence-electron chi connectivity index (χ0n) is 12.6. The van der Waals surface area contributed by atoms with Gasteiger partial charge in [0.25, 0.3) is 0 Å². The van der Waals surface area contributed by atoms with Gasteiger partial charge in [-0.05, 0) is 29.7 Å². The lowest BCUT2D eigenvalue weighted by Crippen LogP contribution is -2.50. The number of benzene rings is 1. The molecule has 3 rings (SSSR count). The average Bonchev–Trinajstić information content (AvgIpc) is 2.52. The first-order valence-corrected chi connectivity index (χ1v) is 7.10. The van der Waals surface area contributed by atoms with E-state index < -0.39 is 0 Å². The van der Waals surface area contributed by atoms with Crippen molar-refractivity contribution in [2.24, 2.45) is 0 Å². The molecule has 2 aliphatic rings. The lowest BCUT2D eigenvalue weighted by Gasteiger charge is -2.35. The molecule has 0 amide bonds. The van der Waals surface area contributed by atoms with Crippen LogP contribution in [0.1, 0.15) is 12.0 Å². The van der Waals surface area contributed by atoms with Crippen LogP contribution < -0.4 is 19.5 Å². The number of nitrogens with one attached hydrogen (secondary N) is 1. The molecule has 2 unspecified atom stereocenters. The topological polar surface area (TPSA) is 49.0 Å². The van der Waals surface area contributed by atoms with Crippen molar-refractivity contribution in [3.05, 3.63) is 23.8 Å². The Morgan fingerprint density at radius 1 is 1.05 bits per heavy atom. The second kappa shape index (κ2) is 5.95. The second-order valence-electron chi connectivity index (χ2n) is 5.32. The monoisotopic (exact) mass is 291 g/mol. The van der Waals surface area contributed by atoms with Crippen LogP contribution in [0.15, 0.2) is 18.2 Å². The maximum Gasteiger partial charge on any atom is 0.203 e. The summed E-state index contributed by atoms with van der Waals surface area (Å²) >= 11 is 0. The molecule has 5 nitrogen and oxygen atoms in total. The Morgan fingerprint density at radius 3 is 2.33 bits per heavy atom. The van der Waals surface area contributed by atoms with Crippen LogP contribution in [0.4, 0.5) is 0 Å². The molecule has 114 valence electrons. The molecule has 1 fully saturated rings. The molecular formula is C16H21NO4. The van der Waals surface area contributed by atoms with Crippen LogP contribution >= 0.6 is 0 Å². The summed E-state index contributed by atoms with van der Waals surface area (Å²) in [6.07, 6.45) is 3.17. The Balaban J connectivity index is 2.00. The molecule has 1 N–H and O–H groups in total. The van der Waals surface area contributed by atoms with Gasteiger partial charge in [0, 0.05) is 12.1 Å². The van der Waals surface area contributed by atoms with E-state index >= 15 is 0 Å². The van der Waals surface area contributed by atoms with Gasteiger partial charge < -0.3 is 24.3 Å². The van der Waals surface area contributed by atoms with Crippen molar-refractivity contribution in [2.45, 2.75) is 18.5 Å². The van der Waals surface area contributed by atoms with Gasteiger partial charge in [-0.15, -0.1) is 0 Å². The Hall–Kier alpha value is -1.72. The van der Waals surface area contributed by atoms with Crippen molar-refractivity contribution < 1.29 is 18.9 Å². The number of ether oxygens (including phenoxy) is 4. The largest absolute Gasteiger partial charge is 0.493 e. The van der Waals surface area contributed by atoms with E-state index in [4.69, 9.17) is 18.9 Å². The minimum atomic E-state index is 0.284. The van der Waals surface area contributed by atoms with Crippen molar-refractivity contribution in [3.8, 4) is 17.2 Å². The zero-order chi connectivity index (χ0) is 14.8. The molecule has 1 aromatic carbocycles. The summed E-state index contributed by atoms with van der Waals surface area (Å²) < 4.78 is 21.8. The molecule has 2 heterocycles. The van der Waals surface area contributed by atoms with E-state index in [2.05, 4.69) is 11.4 Å². The number of hydrogen-bond donors (Lipinski definition) is 1. The average molecular weight is 291 g/mol. The maximum atomic E-state index is 5.57. The molecule has 1 saturated heterocycles. The second-order valence-corrected chi connectivity index (χ2v) is 5.32. The molecule has 0 saturated carbocycles. The first-order valence-electron chi connectivity index (χ1n) is 7.10. The fourth-order valence-corrected chi connectivity index (χ4v) is 3.01. The summed E-state index contributed by atoms with van der Waals surface area (Å²) in [5, 5.41) is 3.54. The predicted molar refractivity (Wildman–Crippen MR) is 80.2 cm³/mol. The maximum absolute atomic E-state index is 5.57. The number of hydrogen-bond acceptors (Lipinski definition) is 5. The zero-order valence-corrected chi connectivity index (χ0v) is 12.6. The highest BCUT2D eigenvalue weighted by molar-refractivity contribution is 5.72. The highest BCUT2D eigenvalue weighted by Crippen LogP contribution is 2.41. The van der Waals surface area contributed by atoms with E-state index in [0.29, 0.717) is 23.3 Å². The Labute approximate surface area is 124 Å². The molecule has 21 heavy (non-hydrogen) atoms. The van der Waals surface area contributed by atoms with Gasteiger partial charge in [0.05, 0.1) is 34.5 Å². The van der Waals surface area contributed by atoms with Gasteiger partial charge in [-0.2, -0.15) is 0 Å². The molecule has 5 heteroatoms. The molecule has 2 atom stereocenters. The molecule has 0 aliphatic carbocycles. The van der Waals surface area contributed by atoms with Crippen molar-refractivity contribution in [2.75, 3.05) is 34.5 Å². The van der Waals surface area contributed by atoms with Crippen LogP contribution in [-0.4, -0.2) is 46.6 Å². The number of fused-ring (bicyclic) bond motifs is 2. The predicted octanol–water partition coefficient (Wildman–Crippen LogP) is 1.86. The highest BCUT2D eigenvalue weighted by atomic mass is 16.5. The smallest absolute Gasteiger partial charge is 0.203 e. The van der Waals surface area contributed by atoms with Crippen LogP contribution in [0.3, 0.4) is 0 Å². The van der Waals surface area contributed by atoms with Crippen molar-refractivity contribution >= 4 is 5.57 Å². The Morgan fingerprint density at radius 2 is 1.76 bits per heavy atom. The van der Waals surface area contributed by atoms with Crippen LogP contribution in [-0.2, 0) is 4.74 Å². The third kappa shape index (κ3) is 2.71. The van der Waals surface area contributed by atoms with Gasteiger partial charge in [0.2, 0.25) is 5.75 Å². The first-order chi connectivity index (χ1) is 10.2. The fourth-order valence-electron chi connectivity index (χ4n) is 3.01. The highest BCUT2D eigenvalue weighted by Gasteiger charge is 2.27. The minimum absolute atomic E-state index is 0.284. The van der Waals surface area contributed by atoms with Crippen LogP contribution in [0.25, 0.3) is 5.57 Å². The van der Waals surface area contributed by atoms with Gasteiger partial charge in [-0.1, -0.05) is 6.08 Å². The molecule has 0 radical (unpaired) electrons. The van der Waals surface area contributed by atoms with Gasteiger partial charge in [0.1, 0.15) is 0 Å². The summed E-state index contributed by atoms with van der Waals surface area (Å²) in [7, 11) is 4.90. The molecule has 0 spiro atoms. The lowest BCUT2D eigenvalue weighted by molar-refractivity contribution is 0.0561. The van der Waals surface area contributed by atoms with Crippen LogP contribution in [0.5, 0.6) is 17.2 Å². The third-order valence-electron chi connectivity index (χ3n) is 3.97. The van der Waals surface area contributed by atoms with Crippen LogP contribution in [0, 0.1) is 0 Å². The van der Waals surface area contributed by atoms with E-state index in [1.54, 1.807) is 21.3 Å². The summed E-state index contributed by atoms with van der Waals surface area (Å²) in [5.41, 5.74) is 2.41. The minimum Gasteiger partial charge on any atom is -0.493 e. The van der Waals surface area contributed by atoms with Gasteiger partial charge in [0.15, 0.2) is 11.5 Å². The molecular weight excluding hydrogens is 270 g/mol. The number of methoxy groups -OCH3 is 3. The van der Waals surface area contributed by atoms with Gasteiger partial charge in [-0.25, -0.2) is 0 Å². The van der Waals surface area contributed by atoms with Crippen molar-refractivity contribution in [3.63, 3.8) is 0 Å². The lowest BCUT2D eigenvalue weighted by atomic mass is 9.91. The summed E-state index contributed by atoms with van der Waals surface area (Å²) in [4.78, 5) is 0. The third-order valence-corrected chi connectivity index (χ3v) is 3.97.